The predicted octanol–water partition coefficient (Wildman–Crippen LogP) is 3.76. The molecule has 28 heavy (non-hydrogen) atoms. The van der Waals surface area contributed by atoms with Crippen LogP contribution in [0.2, 0.25) is 0 Å². The van der Waals surface area contributed by atoms with Crippen molar-refractivity contribution in [3.05, 3.63) is 59.8 Å². The van der Waals surface area contributed by atoms with Gasteiger partial charge in [0.15, 0.2) is 0 Å². The van der Waals surface area contributed by atoms with E-state index in [4.69, 9.17) is 0 Å². The highest BCUT2D eigenvalue weighted by Crippen LogP contribution is 2.21. The summed E-state index contributed by atoms with van der Waals surface area (Å²) in [4.78, 5) is 27.6. The maximum Gasteiger partial charge on any atom is 0.255 e. The molecule has 1 aliphatic heterocycles. The number of fused-ring (bicyclic) bond motifs is 1. The maximum atomic E-state index is 13.0. The number of rotatable bonds is 4. The lowest BCUT2D eigenvalue weighted by atomic mass is 10.1. The van der Waals surface area contributed by atoms with Crippen molar-refractivity contribution < 1.29 is 9.59 Å². The summed E-state index contributed by atoms with van der Waals surface area (Å²) < 4.78 is 0. The molecular weight excluding hydrogens is 352 g/mol. The number of anilines is 1. The third kappa shape index (κ3) is 3.91. The van der Waals surface area contributed by atoms with E-state index in [1.165, 1.54) is 12.8 Å². The molecule has 0 saturated carbocycles. The van der Waals surface area contributed by atoms with Gasteiger partial charge in [-0.15, -0.1) is 0 Å². The van der Waals surface area contributed by atoms with Crippen molar-refractivity contribution in [2.24, 2.45) is 0 Å². The summed E-state index contributed by atoms with van der Waals surface area (Å²) in [6.07, 6.45) is 4.58. The molecular formula is C22H24N4O2. The number of benzene rings is 2. The Morgan fingerprint density at radius 3 is 2.50 bits per heavy atom. The molecule has 1 fully saturated rings. The van der Waals surface area contributed by atoms with E-state index < -0.39 is 0 Å². The van der Waals surface area contributed by atoms with E-state index in [0.29, 0.717) is 11.3 Å². The van der Waals surface area contributed by atoms with Crippen LogP contribution in [0.5, 0.6) is 0 Å². The molecule has 6 heteroatoms. The molecule has 0 bridgehead atoms. The lowest BCUT2D eigenvalue weighted by molar-refractivity contribution is -0.115. The second kappa shape index (κ2) is 8.25. The van der Waals surface area contributed by atoms with E-state index in [0.717, 1.165) is 42.5 Å². The molecule has 2 N–H and O–H groups in total. The number of H-pyrrole nitrogens is 1. The van der Waals surface area contributed by atoms with E-state index >= 15 is 0 Å². The summed E-state index contributed by atoms with van der Waals surface area (Å²) in [5, 5.41) is 11.0. The molecule has 1 aromatic heterocycles. The van der Waals surface area contributed by atoms with Crippen molar-refractivity contribution in [2.45, 2.75) is 32.1 Å². The number of carbonyl (C=O) groups is 2. The second-order valence-corrected chi connectivity index (χ2v) is 7.20. The van der Waals surface area contributed by atoms with Crippen LogP contribution in [0.25, 0.3) is 10.9 Å². The van der Waals surface area contributed by atoms with Crippen LogP contribution in [-0.2, 0) is 11.2 Å². The van der Waals surface area contributed by atoms with Crippen LogP contribution >= 0.6 is 0 Å². The van der Waals surface area contributed by atoms with Crippen LogP contribution in [0.3, 0.4) is 0 Å². The molecule has 6 nitrogen and oxygen atoms in total. The Hall–Kier alpha value is -3.15. The molecule has 2 amide bonds. The number of amides is 2. The highest BCUT2D eigenvalue weighted by molar-refractivity contribution is 6.04. The third-order valence-corrected chi connectivity index (χ3v) is 5.20. The molecule has 0 radical (unpaired) electrons. The van der Waals surface area contributed by atoms with Gasteiger partial charge < -0.3 is 10.2 Å². The first-order valence-electron chi connectivity index (χ1n) is 9.82. The van der Waals surface area contributed by atoms with Gasteiger partial charge in [-0.05, 0) is 31.0 Å². The molecule has 0 spiro atoms. The van der Waals surface area contributed by atoms with Crippen LogP contribution in [0.4, 0.5) is 5.69 Å². The van der Waals surface area contributed by atoms with Gasteiger partial charge in [-0.2, -0.15) is 5.10 Å². The zero-order valence-corrected chi connectivity index (χ0v) is 15.8. The second-order valence-electron chi connectivity index (χ2n) is 7.20. The SMILES string of the molecule is O=C(Cc1[nH]nc2ccccc12)Nc1ccccc1C(=O)N1CCCCCC1. The molecule has 2 heterocycles. The van der Waals surface area contributed by atoms with Gasteiger partial charge in [0.2, 0.25) is 5.91 Å². The minimum absolute atomic E-state index is 0.00945. The van der Waals surface area contributed by atoms with Crippen molar-refractivity contribution in [3.8, 4) is 0 Å². The fourth-order valence-corrected chi connectivity index (χ4v) is 3.73. The Labute approximate surface area is 163 Å². The van der Waals surface area contributed by atoms with Crippen LogP contribution in [0.15, 0.2) is 48.5 Å². The lowest BCUT2D eigenvalue weighted by Gasteiger charge is -2.22. The Balaban J connectivity index is 1.50. The number of aromatic nitrogens is 2. The highest BCUT2D eigenvalue weighted by Gasteiger charge is 2.21. The highest BCUT2D eigenvalue weighted by atomic mass is 16.2. The number of carbonyl (C=O) groups excluding carboxylic acids is 2. The van der Waals surface area contributed by atoms with Crippen molar-refractivity contribution >= 4 is 28.4 Å². The van der Waals surface area contributed by atoms with Gasteiger partial charge in [0, 0.05) is 18.5 Å². The molecule has 144 valence electrons. The van der Waals surface area contributed by atoms with Gasteiger partial charge in [-0.25, -0.2) is 0 Å². The van der Waals surface area contributed by atoms with Crippen molar-refractivity contribution in [1.82, 2.24) is 15.1 Å². The largest absolute Gasteiger partial charge is 0.339 e. The van der Waals surface area contributed by atoms with Crippen LogP contribution in [0, 0.1) is 0 Å². The Bertz CT molecular complexity index is 987. The maximum absolute atomic E-state index is 13.0. The molecule has 0 atom stereocenters. The number of nitrogens with zero attached hydrogens (tertiary/aromatic N) is 2. The van der Waals surface area contributed by atoms with Gasteiger partial charge in [-0.3, -0.25) is 14.7 Å². The minimum Gasteiger partial charge on any atom is -0.339 e. The molecule has 3 aromatic rings. The van der Waals surface area contributed by atoms with E-state index in [9.17, 15) is 9.59 Å². The fourth-order valence-electron chi connectivity index (χ4n) is 3.73. The number of hydrogen-bond donors (Lipinski definition) is 2. The van der Waals surface area contributed by atoms with Gasteiger partial charge in [0.1, 0.15) is 0 Å². The van der Waals surface area contributed by atoms with Crippen molar-refractivity contribution in [1.29, 1.82) is 0 Å². The van der Waals surface area contributed by atoms with Crippen molar-refractivity contribution in [3.63, 3.8) is 0 Å². The molecule has 0 aliphatic carbocycles. The summed E-state index contributed by atoms with van der Waals surface area (Å²) in [5.41, 5.74) is 2.71. The molecule has 1 saturated heterocycles. The zero-order chi connectivity index (χ0) is 19.3. The fraction of sp³-hybridized carbons (Fsp3) is 0.318. The summed E-state index contributed by atoms with van der Waals surface area (Å²) in [7, 11) is 0. The van der Waals surface area contributed by atoms with Gasteiger partial charge in [0.05, 0.1) is 28.9 Å². The Morgan fingerprint density at radius 1 is 0.964 bits per heavy atom. The monoisotopic (exact) mass is 376 g/mol. The quantitative estimate of drug-likeness (QED) is 0.728. The number of likely N-dealkylation sites (tertiary alicyclic amines) is 1. The first-order chi connectivity index (χ1) is 13.7. The average molecular weight is 376 g/mol. The minimum atomic E-state index is -0.175. The van der Waals surface area contributed by atoms with Gasteiger partial charge >= 0.3 is 0 Å². The molecule has 1 aliphatic rings. The van der Waals surface area contributed by atoms with E-state index in [-0.39, 0.29) is 18.2 Å². The summed E-state index contributed by atoms with van der Waals surface area (Å²) in [5.74, 6) is -0.185. The third-order valence-electron chi connectivity index (χ3n) is 5.20. The number of aromatic amines is 1. The predicted molar refractivity (Wildman–Crippen MR) is 109 cm³/mol. The lowest BCUT2D eigenvalue weighted by Crippen LogP contribution is -2.32. The number of hydrogen-bond acceptors (Lipinski definition) is 3. The van der Waals surface area contributed by atoms with Crippen molar-refractivity contribution in [2.75, 3.05) is 18.4 Å². The first-order valence-corrected chi connectivity index (χ1v) is 9.82. The van der Waals surface area contributed by atoms with Gasteiger partial charge in [0.25, 0.3) is 5.91 Å². The standard InChI is InChI=1S/C22H24N4O2/c27-21(15-20-16-9-3-6-12-19(16)24-25-20)23-18-11-5-4-10-17(18)22(28)26-13-7-1-2-8-14-26/h3-6,9-12H,1-2,7-8,13-15H2,(H,23,27)(H,24,25). The first kappa shape index (κ1) is 18.2. The Kier molecular flexibility index (Phi) is 5.37. The smallest absolute Gasteiger partial charge is 0.255 e. The van der Waals surface area contributed by atoms with Crippen LogP contribution in [0.1, 0.15) is 41.7 Å². The van der Waals surface area contributed by atoms with Crippen LogP contribution < -0.4 is 5.32 Å². The van der Waals surface area contributed by atoms with Gasteiger partial charge in [-0.1, -0.05) is 43.2 Å². The summed E-state index contributed by atoms with van der Waals surface area (Å²) >= 11 is 0. The molecule has 2 aromatic carbocycles. The molecule has 0 unspecified atom stereocenters. The topological polar surface area (TPSA) is 78.1 Å². The average Bonchev–Trinajstić information content (AvgIpc) is 2.92. The van der Waals surface area contributed by atoms with Crippen LogP contribution in [-0.4, -0.2) is 40.0 Å². The Morgan fingerprint density at radius 2 is 1.68 bits per heavy atom. The van der Waals surface area contributed by atoms with E-state index in [1.807, 2.05) is 41.3 Å². The number of nitrogens with one attached hydrogen (secondary N) is 2. The molecule has 4 rings (SSSR count). The number of para-hydroxylation sites is 2. The normalized spacial score (nSPS) is 14.6. The van der Waals surface area contributed by atoms with E-state index in [2.05, 4.69) is 15.5 Å². The summed E-state index contributed by atoms with van der Waals surface area (Å²) in [6, 6.07) is 14.9. The summed E-state index contributed by atoms with van der Waals surface area (Å²) in [6.45, 7) is 1.56. The zero-order valence-electron chi connectivity index (χ0n) is 15.8. The van der Waals surface area contributed by atoms with E-state index in [1.54, 1.807) is 12.1 Å².